The molecule has 1 aromatic heterocycles. The van der Waals surface area contributed by atoms with E-state index in [4.69, 9.17) is 9.15 Å². The third kappa shape index (κ3) is 1.66. The molecule has 0 saturated heterocycles. The minimum atomic E-state index is -0.0936. The summed E-state index contributed by atoms with van der Waals surface area (Å²) in [5.74, 6) is 1.10. The van der Waals surface area contributed by atoms with Crippen molar-refractivity contribution in [1.29, 1.82) is 0 Å². The molecule has 2 aromatic rings. The number of nitrogens with zero attached hydrogens (tertiary/aromatic N) is 1. The summed E-state index contributed by atoms with van der Waals surface area (Å²) in [6, 6.07) is 9.17. The second-order valence-electron chi connectivity index (χ2n) is 4.18. The zero-order valence-electron chi connectivity index (χ0n) is 10.1. The molecule has 0 atom stereocenters. The van der Waals surface area contributed by atoms with Gasteiger partial charge in [0.1, 0.15) is 5.75 Å². The molecule has 0 saturated carbocycles. The molecule has 0 radical (unpaired) electrons. The number of rotatable bonds is 2. The van der Waals surface area contributed by atoms with Gasteiger partial charge in [0, 0.05) is 12.2 Å². The Morgan fingerprint density at radius 2 is 2.28 bits per heavy atom. The lowest BCUT2D eigenvalue weighted by Gasteiger charge is -2.15. The minimum absolute atomic E-state index is 0.0936. The van der Waals surface area contributed by atoms with Crippen molar-refractivity contribution < 1.29 is 13.9 Å². The number of hydrogen-bond acceptors (Lipinski definition) is 3. The van der Waals surface area contributed by atoms with Gasteiger partial charge >= 0.3 is 0 Å². The van der Waals surface area contributed by atoms with Crippen LogP contribution in [0.2, 0.25) is 0 Å². The Bertz CT molecular complexity index is 575. The minimum Gasteiger partial charge on any atom is -0.497 e. The van der Waals surface area contributed by atoms with E-state index in [1.165, 1.54) is 6.26 Å². The van der Waals surface area contributed by atoms with E-state index in [2.05, 4.69) is 0 Å². The number of carbonyl (C=O) groups is 1. The molecule has 0 unspecified atom stereocenters. The predicted octanol–water partition coefficient (Wildman–Crippen LogP) is 2.49. The van der Waals surface area contributed by atoms with Crippen molar-refractivity contribution in [2.24, 2.45) is 0 Å². The number of hydrogen-bond donors (Lipinski definition) is 0. The average Bonchev–Trinajstić information content (AvgIpc) is 3.06. The van der Waals surface area contributed by atoms with Crippen LogP contribution in [0.4, 0.5) is 5.69 Å². The van der Waals surface area contributed by atoms with Gasteiger partial charge < -0.3 is 14.1 Å². The summed E-state index contributed by atoms with van der Waals surface area (Å²) in [7, 11) is 1.64. The number of anilines is 1. The largest absolute Gasteiger partial charge is 0.497 e. The Balaban J connectivity index is 1.93. The smallest absolute Gasteiger partial charge is 0.293 e. The fraction of sp³-hybridized carbons (Fsp3) is 0.214. The standard InChI is InChI=1S/C14H13NO3/c1-17-11-4-5-12-10(9-11)6-7-15(12)14(16)13-3-2-8-18-13/h2-5,8-9H,6-7H2,1H3. The van der Waals surface area contributed by atoms with Gasteiger partial charge in [-0.05, 0) is 42.3 Å². The van der Waals surface area contributed by atoms with Crippen molar-refractivity contribution in [2.45, 2.75) is 6.42 Å². The summed E-state index contributed by atoms with van der Waals surface area (Å²) in [6.45, 7) is 0.683. The molecule has 0 spiro atoms. The molecule has 0 fully saturated rings. The molecule has 4 nitrogen and oxygen atoms in total. The molecule has 0 aliphatic carbocycles. The summed E-state index contributed by atoms with van der Waals surface area (Å²) < 4.78 is 10.3. The van der Waals surface area contributed by atoms with Gasteiger partial charge in [0.25, 0.3) is 5.91 Å². The Labute approximate surface area is 105 Å². The molecule has 3 rings (SSSR count). The third-order valence-electron chi connectivity index (χ3n) is 3.16. The Morgan fingerprint density at radius 1 is 1.39 bits per heavy atom. The van der Waals surface area contributed by atoms with E-state index in [1.807, 2.05) is 18.2 Å². The van der Waals surface area contributed by atoms with Gasteiger partial charge in [-0.3, -0.25) is 4.79 Å². The molecule has 1 aliphatic heterocycles. The highest BCUT2D eigenvalue weighted by Crippen LogP contribution is 2.32. The van der Waals surface area contributed by atoms with Crippen molar-refractivity contribution in [3.63, 3.8) is 0 Å². The number of amides is 1. The molecular weight excluding hydrogens is 230 g/mol. The fourth-order valence-corrected chi connectivity index (χ4v) is 2.25. The van der Waals surface area contributed by atoms with Crippen LogP contribution in [0.5, 0.6) is 5.75 Å². The zero-order chi connectivity index (χ0) is 12.5. The van der Waals surface area contributed by atoms with E-state index < -0.39 is 0 Å². The zero-order valence-corrected chi connectivity index (χ0v) is 10.1. The molecule has 2 heterocycles. The second kappa shape index (κ2) is 4.22. The van der Waals surface area contributed by atoms with Crippen LogP contribution in [0.3, 0.4) is 0 Å². The van der Waals surface area contributed by atoms with Crippen LogP contribution >= 0.6 is 0 Å². The molecule has 1 aliphatic rings. The lowest BCUT2D eigenvalue weighted by molar-refractivity contribution is 0.0963. The first-order chi connectivity index (χ1) is 8.79. The molecular formula is C14H13NO3. The van der Waals surface area contributed by atoms with Crippen LogP contribution in [-0.2, 0) is 6.42 Å². The number of ether oxygens (including phenoxy) is 1. The van der Waals surface area contributed by atoms with Crippen molar-refractivity contribution >= 4 is 11.6 Å². The van der Waals surface area contributed by atoms with E-state index in [1.54, 1.807) is 24.1 Å². The summed E-state index contributed by atoms with van der Waals surface area (Å²) in [5.41, 5.74) is 2.08. The summed E-state index contributed by atoms with van der Waals surface area (Å²) in [6.07, 6.45) is 2.36. The lowest BCUT2D eigenvalue weighted by Crippen LogP contribution is -2.28. The van der Waals surface area contributed by atoms with Crippen molar-refractivity contribution in [3.05, 3.63) is 47.9 Å². The van der Waals surface area contributed by atoms with Gasteiger partial charge in [-0.2, -0.15) is 0 Å². The molecule has 0 N–H and O–H groups in total. The van der Waals surface area contributed by atoms with E-state index in [-0.39, 0.29) is 5.91 Å². The molecule has 18 heavy (non-hydrogen) atoms. The summed E-state index contributed by atoms with van der Waals surface area (Å²) in [5, 5.41) is 0. The number of fused-ring (bicyclic) bond motifs is 1. The van der Waals surface area contributed by atoms with Crippen LogP contribution in [-0.4, -0.2) is 19.6 Å². The van der Waals surface area contributed by atoms with Crippen LogP contribution in [0.25, 0.3) is 0 Å². The normalized spacial score (nSPS) is 13.5. The van der Waals surface area contributed by atoms with Gasteiger partial charge in [0.15, 0.2) is 5.76 Å². The van der Waals surface area contributed by atoms with E-state index in [0.29, 0.717) is 12.3 Å². The van der Waals surface area contributed by atoms with Crippen LogP contribution in [0, 0.1) is 0 Å². The first-order valence-corrected chi connectivity index (χ1v) is 5.82. The SMILES string of the molecule is COc1ccc2c(c1)CCN2C(=O)c1ccco1. The maximum atomic E-state index is 12.2. The Morgan fingerprint density at radius 3 is 3.00 bits per heavy atom. The quantitative estimate of drug-likeness (QED) is 0.813. The molecule has 92 valence electrons. The van der Waals surface area contributed by atoms with Crippen molar-refractivity contribution in [3.8, 4) is 5.75 Å². The van der Waals surface area contributed by atoms with Crippen molar-refractivity contribution in [1.82, 2.24) is 0 Å². The van der Waals surface area contributed by atoms with Crippen LogP contribution in [0.1, 0.15) is 16.1 Å². The number of carbonyl (C=O) groups excluding carboxylic acids is 1. The number of benzene rings is 1. The predicted molar refractivity (Wildman–Crippen MR) is 67.1 cm³/mol. The Kier molecular flexibility index (Phi) is 2.55. The first kappa shape index (κ1) is 10.9. The van der Waals surface area contributed by atoms with Gasteiger partial charge in [-0.1, -0.05) is 0 Å². The van der Waals surface area contributed by atoms with Gasteiger partial charge in [0.2, 0.25) is 0 Å². The fourth-order valence-electron chi connectivity index (χ4n) is 2.25. The van der Waals surface area contributed by atoms with Gasteiger partial charge in [-0.15, -0.1) is 0 Å². The lowest BCUT2D eigenvalue weighted by atomic mass is 10.1. The maximum Gasteiger partial charge on any atom is 0.293 e. The Hall–Kier alpha value is -2.23. The third-order valence-corrected chi connectivity index (χ3v) is 3.16. The summed E-state index contributed by atoms with van der Waals surface area (Å²) in [4.78, 5) is 14.0. The number of furan rings is 1. The van der Waals surface area contributed by atoms with E-state index >= 15 is 0 Å². The van der Waals surface area contributed by atoms with Crippen molar-refractivity contribution in [2.75, 3.05) is 18.6 Å². The monoisotopic (exact) mass is 243 g/mol. The highest BCUT2D eigenvalue weighted by Gasteiger charge is 2.27. The number of methoxy groups -OCH3 is 1. The highest BCUT2D eigenvalue weighted by molar-refractivity contribution is 6.05. The van der Waals surface area contributed by atoms with Gasteiger partial charge in [0.05, 0.1) is 13.4 Å². The first-order valence-electron chi connectivity index (χ1n) is 5.82. The van der Waals surface area contributed by atoms with E-state index in [9.17, 15) is 4.79 Å². The highest BCUT2D eigenvalue weighted by atomic mass is 16.5. The molecule has 0 bridgehead atoms. The average molecular weight is 243 g/mol. The molecule has 1 amide bonds. The van der Waals surface area contributed by atoms with Crippen LogP contribution < -0.4 is 9.64 Å². The summed E-state index contributed by atoms with van der Waals surface area (Å²) >= 11 is 0. The topological polar surface area (TPSA) is 42.7 Å². The van der Waals surface area contributed by atoms with Crippen LogP contribution in [0.15, 0.2) is 41.0 Å². The maximum absolute atomic E-state index is 12.2. The molecule has 4 heteroatoms. The van der Waals surface area contributed by atoms with E-state index in [0.717, 1.165) is 23.4 Å². The van der Waals surface area contributed by atoms with Gasteiger partial charge in [-0.25, -0.2) is 0 Å². The second-order valence-corrected chi connectivity index (χ2v) is 4.18. The molecule has 1 aromatic carbocycles.